The van der Waals surface area contributed by atoms with E-state index in [0.717, 1.165) is 0 Å². The molecule has 6 heteroatoms. The van der Waals surface area contributed by atoms with Gasteiger partial charge in [0, 0.05) is 19.4 Å². The molecule has 0 radical (unpaired) electrons. The number of nitrogens with zero attached hydrogens (tertiary/aromatic N) is 1. The second-order valence-corrected chi connectivity index (χ2v) is 5.01. The maximum Gasteiger partial charge on any atom is 0.340 e. The van der Waals surface area contributed by atoms with Crippen molar-refractivity contribution in [3.8, 4) is 0 Å². The Bertz CT molecular complexity index is 676. The summed E-state index contributed by atoms with van der Waals surface area (Å²) in [5, 5.41) is 0. The SMILES string of the molecule is COCCN1C(=O)/C(=C\c2ccc(F)cc2)C(C(=O)OC)=C1C. The zero-order valence-corrected chi connectivity index (χ0v) is 13.3. The lowest BCUT2D eigenvalue weighted by Crippen LogP contribution is -2.28. The Balaban J connectivity index is 2.45. The number of methoxy groups -OCH3 is 2. The van der Waals surface area contributed by atoms with Gasteiger partial charge in [0.15, 0.2) is 0 Å². The summed E-state index contributed by atoms with van der Waals surface area (Å²) in [7, 11) is 2.80. The van der Waals surface area contributed by atoms with Crippen LogP contribution < -0.4 is 0 Å². The van der Waals surface area contributed by atoms with Crippen LogP contribution in [0.1, 0.15) is 12.5 Å². The minimum atomic E-state index is -0.580. The van der Waals surface area contributed by atoms with Crippen LogP contribution in [0.25, 0.3) is 6.08 Å². The lowest BCUT2D eigenvalue weighted by atomic mass is 10.0. The largest absolute Gasteiger partial charge is 0.465 e. The quantitative estimate of drug-likeness (QED) is 0.616. The van der Waals surface area contributed by atoms with E-state index in [-0.39, 0.29) is 22.9 Å². The monoisotopic (exact) mass is 319 g/mol. The van der Waals surface area contributed by atoms with Crippen LogP contribution >= 0.6 is 0 Å². The van der Waals surface area contributed by atoms with Crippen LogP contribution in [-0.2, 0) is 19.1 Å². The van der Waals surface area contributed by atoms with Crippen molar-refractivity contribution in [3.63, 3.8) is 0 Å². The highest BCUT2D eigenvalue weighted by molar-refractivity contribution is 6.16. The molecule has 23 heavy (non-hydrogen) atoms. The topological polar surface area (TPSA) is 55.8 Å². The third-order valence-corrected chi connectivity index (χ3v) is 3.60. The minimum absolute atomic E-state index is 0.220. The molecule has 0 unspecified atom stereocenters. The van der Waals surface area contributed by atoms with Gasteiger partial charge in [0.2, 0.25) is 0 Å². The van der Waals surface area contributed by atoms with Crippen LogP contribution in [-0.4, -0.2) is 44.1 Å². The number of ether oxygens (including phenoxy) is 2. The first-order valence-corrected chi connectivity index (χ1v) is 7.07. The Morgan fingerprint density at radius 1 is 1.26 bits per heavy atom. The zero-order chi connectivity index (χ0) is 17.0. The van der Waals surface area contributed by atoms with Crippen molar-refractivity contribution in [2.24, 2.45) is 0 Å². The summed E-state index contributed by atoms with van der Waals surface area (Å²) in [6.45, 7) is 2.37. The van der Waals surface area contributed by atoms with Crippen molar-refractivity contribution in [1.29, 1.82) is 0 Å². The highest BCUT2D eigenvalue weighted by Crippen LogP contribution is 2.31. The van der Waals surface area contributed by atoms with Gasteiger partial charge in [0.05, 0.1) is 24.9 Å². The fourth-order valence-electron chi connectivity index (χ4n) is 2.41. The molecule has 0 aromatic heterocycles. The number of hydrogen-bond donors (Lipinski definition) is 0. The molecular weight excluding hydrogens is 301 g/mol. The Morgan fingerprint density at radius 2 is 1.91 bits per heavy atom. The average Bonchev–Trinajstić information content (AvgIpc) is 2.77. The van der Waals surface area contributed by atoms with Crippen molar-refractivity contribution >= 4 is 18.0 Å². The molecule has 1 aliphatic rings. The summed E-state index contributed by atoms with van der Waals surface area (Å²) in [6.07, 6.45) is 1.56. The highest BCUT2D eigenvalue weighted by atomic mass is 19.1. The number of rotatable bonds is 5. The summed E-state index contributed by atoms with van der Waals surface area (Å²) in [5.41, 5.74) is 1.60. The molecule has 0 spiro atoms. The van der Waals surface area contributed by atoms with E-state index in [1.165, 1.54) is 43.4 Å². The predicted octanol–water partition coefficient (Wildman–Crippen LogP) is 2.14. The number of carbonyl (C=O) groups excluding carboxylic acids is 2. The summed E-state index contributed by atoms with van der Waals surface area (Å²) >= 11 is 0. The van der Waals surface area contributed by atoms with Crippen LogP contribution in [0.5, 0.6) is 0 Å². The fourth-order valence-corrected chi connectivity index (χ4v) is 2.41. The lowest BCUT2D eigenvalue weighted by molar-refractivity contribution is -0.136. The molecular formula is C17H18FNO4. The van der Waals surface area contributed by atoms with Crippen LogP contribution in [0, 0.1) is 5.82 Å². The molecule has 2 rings (SSSR count). The Labute approximate surface area is 134 Å². The van der Waals surface area contributed by atoms with E-state index in [0.29, 0.717) is 24.4 Å². The second-order valence-electron chi connectivity index (χ2n) is 5.01. The molecule has 0 aliphatic carbocycles. The maximum atomic E-state index is 13.0. The third kappa shape index (κ3) is 3.48. The standard InChI is InChI=1S/C17H18FNO4/c1-11-15(17(21)23-3)14(16(20)19(11)8-9-22-2)10-12-4-6-13(18)7-5-12/h4-7,10H,8-9H2,1-3H3/b14-10-. The minimum Gasteiger partial charge on any atom is -0.465 e. The summed E-state index contributed by atoms with van der Waals surface area (Å²) in [4.78, 5) is 26.1. The molecule has 1 aromatic rings. The van der Waals surface area contributed by atoms with E-state index in [1.807, 2.05) is 0 Å². The van der Waals surface area contributed by atoms with Crippen LogP contribution in [0.3, 0.4) is 0 Å². The number of hydrogen-bond acceptors (Lipinski definition) is 4. The number of halogens is 1. The van der Waals surface area contributed by atoms with E-state index in [2.05, 4.69) is 0 Å². The van der Waals surface area contributed by atoms with Gasteiger partial charge >= 0.3 is 5.97 Å². The van der Waals surface area contributed by atoms with Gasteiger partial charge in [0.25, 0.3) is 5.91 Å². The van der Waals surface area contributed by atoms with E-state index in [4.69, 9.17) is 9.47 Å². The molecule has 5 nitrogen and oxygen atoms in total. The summed E-state index contributed by atoms with van der Waals surface area (Å²) in [5.74, 6) is -1.25. The molecule has 122 valence electrons. The van der Waals surface area contributed by atoms with Crippen molar-refractivity contribution in [3.05, 3.63) is 52.5 Å². The van der Waals surface area contributed by atoms with E-state index >= 15 is 0 Å². The normalized spacial score (nSPS) is 16.4. The van der Waals surface area contributed by atoms with E-state index in [1.54, 1.807) is 13.0 Å². The van der Waals surface area contributed by atoms with Crippen molar-refractivity contribution < 1.29 is 23.5 Å². The number of amides is 1. The summed E-state index contributed by atoms with van der Waals surface area (Å²) < 4.78 is 22.8. The smallest absolute Gasteiger partial charge is 0.340 e. The second kappa shape index (κ2) is 7.19. The molecule has 1 aromatic carbocycles. The van der Waals surface area contributed by atoms with Crippen LogP contribution in [0.15, 0.2) is 41.1 Å². The number of carbonyl (C=O) groups is 2. The molecule has 0 bridgehead atoms. The molecule has 1 amide bonds. The van der Waals surface area contributed by atoms with Gasteiger partial charge in [-0.1, -0.05) is 12.1 Å². The molecule has 0 saturated carbocycles. The molecule has 0 atom stereocenters. The average molecular weight is 319 g/mol. The van der Waals surface area contributed by atoms with Crippen molar-refractivity contribution in [1.82, 2.24) is 4.90 Å². The van der Waals surface area contributed by atoms with Gasteiger partial charge in [-0.25, -0.2) is 9.18 Å². The Hall–Kier alpha value is -2.47. The first-order chi connectivity index (χ1) is 11.0. The molecule has 1 heterocycles. The van der Waals surface area contributed by atoms with Gasteiger partial charge in [-0.2, -0.15) is 0 Å². The summed E-state index contributed by atoms with van der Waals surface area (Å²) in [6, 6.07) is 5.67. The molecule has 0 fully saturated rings. The predicted molar refractivity (Wildman–Crippen MR) is 82.7 cm³/mol. The zero-order valence-electron chi connectivity index (χ0n) is 13.3. The maximum absolute atomic E-state index is 13.0. The Morgan fingerprint density at radius 3 is 2.48 bits per heavy atom. The first kappa shape index (κ1) is 16.9. The molecule has 1 aliphatic heterocycles. The van der Waals surface area contributed by atoms with E-state index < -0.39 is 5.97 Å². The highest BCUT2D eigenvalue weighted by Gasteiger charge is 2.36. The number of benzene rings is 1. The van der Waals surface area contributed by atoms with Gasteiger partial charge < -0.3 is 14.4 Å². The van der Waals surface area contributed by atoms with Gasteiger partial charge in [0.1, 0.15) is 5.82 Å². The molecule has 0 saturated heterocycles. The van der Waals surface area contributed by atoms with Gasteiger partial charge in [-0.3, -0.25) is 4.79 Å². The number of allylic oxidation sites excluding steroid dienone is 1. The Kier molecular flexibility index (Phi) is 5.28. The van der Waals surface area contributed by atoms with Crippen molar-refractivity contribution in [2.75, 3.05) is 27.4 Å². The van der Waals surface area contributed by atoms with Crippen LogP contribution in [0.4, 0.5) is 4.39 Å². The van der Waals surface area contributed by atoms with Gasteiger partial charge in [-0.05, 0) is 30.7 Å². The van der Waals surface area contributed by atoms with Crippen LogP contribution in [0.2, 0.25) is 0 Å². The third-order valence-electron chi connectivity index (χ3n) is 3.60. The fraction of sp³-hybridized carbons (Fsp3) is 0.294. The van der Waals surface area contributed by atoms with Gasteiger partial charge in [-0.15, -0.1) is 0 Å². The lowest BCUT2D eigenvalue weighted by Gasteiger charge is -2.16. The van der Waals surface area contributed by atoms with Crippen molar-refractivity contribution in [2.45, 2.75) is 6.92 Å². The first-order valence-electron chi connectivity index (χ1n) is 7.07. The number of esters is 1. The van der Waals surface area contributed by atoms with E-state index in [9.17, 15) is 14.0 Å². The molecule has 0 N–H and O–H groups in total.